The molecule has 0 saturated heterocycles. The Morgan fingerprint density at radius 1 is 1.06 bits per heavy atom. The van der Waals surface area contributed by atoms with Crippen molar-refractivity contribution in [3.63, 3.8) is 0 Å². The standard InChI is InChI=1S/C27H34BN3O5/c1-18(2)31(19(3)4)26(32)24(17-29)15-22-12-9-13-23(14-22)20(5)36-27(33)30-25(28(34)35)16-21-10-7-6-8-11-21/h6-15,18-20,25,34-35H,16H2,1-5H3,(H,30,33). The van der Waals surface area contributed by atoms with E-state index in [0.717, 1.165) is 5.56 Å². The van der Waals surface area contributed by atoms with E-state index in [0.29, 0.717) is 11.1 Å². The molecule has 2 atom stereocenters. The number of carbonyl (C=O) groups excluding carboxylic acids is 2. The molecule has 2 aromatic carbocycles. The number of benzene rings is 2. The maximum atomic E-state index is 12.9. The van der Waals surface area contributed by atoms with Gasteiger partial charge in [-0.15, -0.1) is 0 Å². The lowest BCUT2D eigenvalue weighted by molar-refractivity contribution is -0.130. The lowest BCUT2D eigenvalue weighted by Gasteiger charge is -2.30. The molecule has 0 heterocycles. The molecule has 0 aliphatic heterocycles. The number of carbonyl (C=O) groups is 2. The molecule has 190 valence electrons. The Bertz CT molecular complexity index is 1090. The molecule has 0 fully saturated rings. The van der Waals surface area contributed by atoms with Crippen molar-refractivity contribution in [1.82, 2.24) is 10.2 Å². The molecule has 2 amide bonds. The number of nitriles is 1. The molecule has 0 aliphatic rings. The summed E-state index contributed by atoms with van der Waals surface area (Å²) in [5, 5.41) is 31.5. The fourth-order valence-corrected chi connectivity index (χ4v) is 3.93. The Morgan fingerprint density at radius 3 is 2.25 bits per heavy atom. The number of hydrogen-bond acceptors (Lipinski definition) is 6. The van der Waals surface area contributed by atoms with E-state index in [4.69, 9.17) is 4.74 Å². The van der Waals surface area contributed by atoms with Crippen molar-refractivity contribution in [3.05, 3.63) is 76.9 Å². The molecule has 0 bridgehead atoms. The van der Waals surface area contributed by atoms with Gasteiger partial charge in [-0.1, -0.05) is 48.5 Å². The quantitative estimate of drug-likeness (QED) is 0.265. The lowest BCUT2D eigenvalue weighted by Crippen LogP contribution is -2.48. The van der Waals surface area contributed by atoms with Crippen LogP contribution in [0.2, 0.25) is 0 Å². The maximum Gasteiger partial charge on any atom is 0.475 e. The Kier molecular flexibility index (Phi) is 10.7. The summed E-state index contributed by atoms with van der Waals surface area (Å²) < 4.78 is 5.46. The average molecular weight is 491 g/mol. The molecule has 8 nitrogen and oxygen atoms in total. The highest BCUT2D eigenvalue weighted by molar-refractivity contribution is 6.43. The summed E-state index contributed by atoms with van der Waals surface area (Å²) in [7, 11) is -1.76. The van der Waals surface area contributed by atoms with Crippen LogP contribution in [0, 0.1) is 11.3 Å². The zero-order chi connectivity index (χ0) is 26.8. The highest BCUT2D eigenvalue weighted by atomic mass is 16.6. The number of amides is 2. The highest BCUT2D eigenvalue weighted by Gasteiger charge is 2.27. The van der Waals surface area contributed by atoms with Crippen molar-refractivity contribution >= 4 is 25.2 Å². The van der Waals surface area contributed by atoms with Crippen molar-refractivity contribution < 1.29 is 24.4 Å². The van der Waals surface area contributed by atoms with Crippen molar-refractivity contribution in [2.45, 2.75) is 65.2 Å². The van der Waals surface area contributed by atoms with Gasteiger partial charge in [0, 0.05) is 12.1 Å². The predicted octanol–water partition coefficient (Wildman–Crippen LogP) is 3.65. The Morgan fingerprint density at radius 2 is 1.69 bits per heavy atom. The third kappa shape index (κ3) is 8.26. The maximum absolute atomic E-state index is 12.9. The van der Waals surface area contributed by atoms with Gasteiger partial charge in [0.25, 0.3) is 5.91 Å². The van der Waals surface area contributed by atoms with E-state index < -0.39 is 25.3 Å². The Balaban J connectivity index is 2.13. The molecule has 2 aromatic rings. The first-order valence-corrected chi connectivity index (χ1v) is 11.9. The van der Waals surface area contributed by atoms with E-state index in [1.54, 1.807) is 36.1 Å². The highest BCUT2D eigenvalue weighted by Crippen LogP contribution is 2.21. The van der Waals surface area contributed by atoms with Crippen LogP contribution < -0.4 is 5.32 Å². The summed E-state index contributed by atoms with van der Waals surface area (Å²) in [6.45, 7) is 9.28. The topological polar surface area (TPSA) is 123 Å². The monoisotopic (exact) mass is 491 g/mol. The fourth-order valence-electron chi connectivity index (χ4n) is 3.93. The van der Waals surface area contributed by atoms with Gasteiger partial charge in [-0.2, -0.15) is 5.26 Å². The van der Waals surface area contributed by atoms with Crippen molar-refractivity contribution in [1.29, 1.82) is 5.26 Å². The zero-order valence-corrected chi connectivity index (χ0v) is 21.4. The Hall–Kier alpha value is -3.61. The fraction of sp³-hybridized carbons (Fsp3) is 0.370. The normalized spacial score (nSPS) is 13.1. The summed E-state index contributed by atoms with van der Waals surface area (Å²) in [5.41, 5.74) is 2.12. The number of nitrogens with one attached hydrogen (secondary N) is 1. The number of ether oxygens (including phenoxy) is 1. The molecule has 0 aliphatic carbocycles. The first-order chi connectivity index (χ1) is 17.0. The molecular weight excluding hydrogens is 457 g/mol. The van der Waals surface area contributed by atoms with Crippen LogP contribution in [0.15, 0.2) is 60.2 Å². The van der Waals surface area contributed by atoms with E-state index in [-0.39, 0.29) is 30.0 Å². The number of nitrogens with zero attached hydrogens (tertiary/aromatic N) is 2. The second-order valence-corrected chi connectivity index (χ2v) is 9.14. The summed E-state index contributed by atoms with van der Waals surface area (Å²) in [6.07, 6.45) is 0.274. The molecule has 2 rings (SSSR count). The molecule has 9 heteroatoms. The van der Waals surface area contributed by atoms with Gasteiger partial charge in [-0.3, -0.25) is 4.79 Å². The van der Waals surface area contributed by atoms with Gasteiger partial charge in [0.15, 0.2) is 0 Å². The van der Waals surface area contributed by atoms with Crippen LogP contribution in [-0.2, 0) is 16.0 Å². The van der Waals surface area contributed by atoms with Gasteiger partial charge >= 0.3 is 13.2 Å². The van der Waals surface area contributed by atoms with Gasteiger partial charge in [0.2, 0.25) is 0 Å². The molecule has 36 heavy (non-hydrogen) atoms. The van der Waals surface area contributed by atoms with Crippen LogP contribution in [-0.4, -0.2) is 52.1 Å². The van der Waals surface area contributed by atoms with E-state index in [1.807, 2.05) is 64.1 Å². The van der Waals surface area contributed by atoms with Crippen LogP contribution in [0.5, 0.6) is 0 Å². The number of rotatable bonds is 10. The van der Waals surface area contributed by atoms with Gasteiger partial charge in [-0.05, 0) is 69.9 Å². The summed E-state index contributed by atoms with van der Waals surface area (Å²) in [4.78, 5) is 27.1. The Labute approximate surface area is 213 Å². The average Bonchev–Trinajstić information content (AvgIpc) is 2.82. The smallest absolute Gasteiger partial charge is 0.442 e. The second-order valence-electron chi connectivity index (χ2n) is 9.14. The van der Waals surface area contributed by atoms with Crippen LogP contribution in [0.25, 0.3) is 6.08 Å². The van der Waals surface area contributed by atoms with Crippen molar-refractivity contribution in [3.8, 4) is 6.07 Å². The van der Waals surface area contributed by atoms with Gasteiger partial charge < -0.3 is 25.0 Å². The molecule has 0 saturated carbocycles. The van der Waals surface area contributed by atoms with Gasteiger partial charge in [0.05, 0.1) is 5.94 Å². The minimum Gasteiger partial charge on any atom is -0.442 e. The van der Waals surface area contributed by atoms with E-state index in [1.165, 1.54) is 6.08 Å². The van der Waals surface area contributed by atoms with Crippen LogP contribution >= 0.6 is 0 Å². The lowest BCUT2D eigenvalue weighted by atomic mass is 9.76. The predicted molar refractivity (Wildman–Crippen MR) is 139 cm³/mol. The van der Waals surface area contributed by atoms with Crippen LogP contribution in [0.3, 0.4) is 0 Å². The van der Waals surface area contributed by atoms with Gasteiger partial charge in [-0.25, -0.2) is 4.79 Å². The minimum absolute atomic E-state index is 0.0153. The minimum atomic E-state index is -1.76. The molecular formula is C27H34BN3O5. The first-order valence-electron chi connectivity index (χ1n) is 11.9. The van der Waals surface area contributed by atoms with Crippen LogP contribution in [0.1, 0.15) is 57.4 Å². The summed E-state index contributed by atoms with van der Waals surface area (Å²) in [5.74, 6) is -1.29. The third-order valence-electron chi connectivity index (χ3n) is 5.63. The van der Waals surface area contributed by atoms with Crippen LogP contribution in [0.4, 0.5) is 4.79 Å². The third-order valence-corrected chi connectivity index (χ3v) is 5.63. The molecule has 0 radical (unpaired) electrons. The second kappa shape index (κ2) is 13.5. The summed E-state index contributed by atoms with van der Waals surface area (Å²) >= 11 is 0. The number of hydrogen-bond donors (Lipinski definition) is 3. The first kappa shape index (κ1) is 28.6. The number of alkyl carbamates (subject to hydrolysis) is 1. The molecule has 0 aromatic heterocycles. The van der Waals surface area contributed by atoms with E-state index in [2.05, 4.69) is 5.32 Å². The molecule has 0 spiro atoms. The molecule has 2 unspecified atom stereocenters. The SMILES string of the molecule is CC(OC(=O)NC(Cc1ccccc1)B(O)O)c1cccc(C=C(C#N)C(=O)N(C(C)C)C(C)C)c1. The van der Waals surface area contributed by atoms with E-state index in [9.17, 15) is 24.9 Å². The zero-order valence-electron chi connectivity index (χ0n) is 21.4. The van der Waals surface area contributed by atoms with Crippen molar-refractivity contribution in [2.75, 3.05) is 0 Å². The molecule has 3 N–H and O–H groups in total. The van der Waals surface area contributed by atoms with Gasteiger partial charge in [0.1, 0.15) is 17.7 Å². The summed E-state index contributed by atoms with van der Waals surface area (Å²) in [6, 6.07) is 18.0. The largest absolute Gasteiger partial charge is 0.475 e. The van der Waals surface area contributed by atoms with Crippen molar-refractivity contribution in [2.24, 2.45) is 0 Å². The van der Waals surface area contributed by atoms with E-state index >= 15 is 0 Å².